The van der Waals surface area contributed by atoms with Crippen LogP contribution in [-0.2, 0) is 0 Å². The minimum Gasteiger partial charge on any atom is -0.386 e. The standard InChI is InChI=1S/C37H50N4O/c1-4-6-11-20-38-33(5-2)36(3)17-9-10-19-37(42)24-27-26-41(22-12-18-36)23-16-28(27)31(25-37)34-35-30(15-21-39-34)29-13-7-8-14-32(29)40-35/h5,7-9,13-15,17,21,25,27-28,33,38,40,42H,2,4,6,10-12,16,18-20,22-24,26H2,1,3H3/b17-9-/t27?,28-,33+,36?,37-/m1/s1. The zero-order valence-electron chi connectivity index (χ0n) is 25.7. The van der Waals surface area contributed by atoms with Crippen molar-refractivity contribution >= 4 is 27.4 Å². The normalized spacial score (nSPS) is 31.6. The Morgan fingerprint density at radius 2 is 2.07 bits per heavy atom. The molecule has 3 aliphatic rings. The van der Waals surface area contributed by atoms with E-state index in [0.717, 1.165) is 75.0 Å². The molecule has 0 amide bonds. The van der Waals surface area contributed by atoms with Gasteiger partial charge in [-0.25, -0.2) is 0 Å². The van der Waals surface area contributed by atoms with Crippen LogP contribution in [0, 0.1) is 17.3 Å². The summed E-state index contributed by atoms with van der Waals surface area (Å²) in [4.78, 5) is 11.3. The highest BCUT2D eigenvalue weighted by Crippen LogP contribution is 2.47. The Morgan fingerprint density at radius 1 is 1.19 bits per heavy atom. The number of aromatic amines is 1. The highest BCUT2D eigenvalue weighted by molar-refractivity contribution is 6.09. The largest absolute Gasteiger partial charge is 0.386 e. The van der Waals surface area contributed by atoms with E-state index in [4.69, 9.17) is 4.98 Å². The van der Waals surface area contributed by atoms with E-state index in [2.05, 4.69) is 90.3 Å². The van der Waals surface area contributed by atoms with Crippen molar-refractivity contribution in [1.29, 1.82) is 0 Å². The number of pyridine rings is 1. The number of piperidine rings is 1. The number of H-pyrrole nitrogens is 1. The summed E-state index contributed by atoms with van der Waals surface area (Å²) in [6.45, 7) is 13.2. The lowest BCUT2D eigenvalue weighted by atomic mass is 9.67. The number of aromatic nitrogens is 2. The Hall–Kier alpha value is -2.73. The molecule has 1 aromatic carbocycles. The number of hydrogen-bond donors (Lipinski definition) is 3. The predicted molar refractivity (Wildman–Crippen MR) is 176 cm³/mol. The Labute approximate surface area is 252 Å². The van der Waals surface area contributed by atoms with Crippen LogP contribution in [0.2, 0.25) is 0 Å². The second-order valence-corrected chi connectivity index (χ2v) is 13.5. The highest BCUT2D eigenvalue weighted by atomic mass is 16.3. The second kappa shape index (κ2) is 12.5. The van der Waals surface area contributed by atoms with E-state index in [-0.39, 0.29) is 11.5 Å². The monoisotopic (exact) mass is 566 g/mol. The topological polar surface area (TPSA) is 64.2 Å². The maximum absolute atomic E-state index is 12.2. The molecule has 0 saturated carbocycles. The lowest BCUT2D eigenvalue weighted by Gasteiger charge is -2.46. The number of para-hydroxylation sites is 1. The molecule has 5 heteroatoms. The first-order chi connectivity index (χ1) is 20.4. The molecule has 0 spiro atoms. The Morgan fingerprint density at radius 3 is 2.93 bits per heavy atom. The third kappa shape index (κ3) is 5.89. The van der Waals surface area contributed by atoms with Gasteiger partial charge in [-0.3, -0.25) is 4.98 Å². The van der Waals surface area contributed by atoms with E-state index in [0.29, 0.717) is 11.8 Å². The summed E-state index contributed by atoms with van der Waals surface area (Å²) in [6, 6.07) is 10.9. The lowest BCUT2D eigenvalue weighted by Crippen LogP contribution is -2.47. The van der Waals surface area contributed by atoms with Crippen LogP contribution in [0.25, 0.3) is 27.4 Å². The van der Waals surface area contributed by atoms with E-state index in [1.807, 2.05) is 6.20 Å². The van der Waals surface area contributed by atoms with Crippen LogP contribution in [0.3, 0.4) is 0 Å². The van der Waals surface area contributed by atoms with Gasteiger partial charge in [0.05, 0.1) is 16.8 Å². The first-order valence-corrected chi connectivity index (χ1v) is 16.5. The average molecular weight is 567 g/mol. The minimum absolute atomic E-state index is 0.00816. The molecule has 3 bridgehead atoms. The van der Waals surface area contributed by atoms with Crippen LogP contribution in [0.4, 0.5) is 0 Å². The third-order valence-corrected chi connectivity index (χ3v) is 10.5. The summed E-state index contributed by atoms with van der Waals surface area (Å²) < 4.78 is 0. The molecule has 5 nitrogen and oxygen atoms in total. The number of fused-ring (bicyclic) bond motifs is 5. The molecule has 6 rings (SSSR count). The molecule has 1 fully saturated rings. The smallest absolute Gasteiger partial charge is 0.0903 e. The number of unbranched alkanes of at least 4 members (excludes halogenated alkanes) is 2. The number of nitrogens with one attached hydrogen (secondary N) is 2. The minimum atomic E-state index is -0.833. The fraction of sp³-hybridized carbons (Fsp3) is 0.541. The number of rotatable bonds is 8. The van der Waals surface area contributed by atoms with Gasteiger partial charge in [-0.1, -0.05) is 63.1 Å². The zero-order chi connectivity index (χ0) is 29.2. The molecule has 42 heavy (non-hydrogen) atoms. The van der Waals surface area contributed by atoms with Gasteiger partial charge in [0.15, 0.2) is 0 Å². The Bertz CT molecular complexity index is 1450. The summed E-state index contributed by atoms with van der Waals surface area (Å²) >= 11 is 0. The van der Waals surface area contributed by atoms with E-state index < -0.39 is 5.60 Å². The van der Waals surface area contributed by atoms with Gasteiger partial charge in [0.1, 0.15) is 0 Å². The fourth-order valence-corrected chi connectivity index (χ4v) is 8.18. The highest BCUT2D eigenvalue weighted by Gasteiger charge is 2.43. The summed E-state index contributed by atoms with van der Waals surface area (Å²) in [6.07, 6.45) is 20.6. The van der Waals surface area contributed by atoms with Crippen LogP contribution in [0.1, 0.15) is 77.3 Å². The molecule has 2 aliphatic heterocycles. The molecule has 6 atom stereocenters. The first-order valence-electron chi connectivity index (χ1n) is 16.5. The van der Waals surface area contributed by atoms with E-state index in [1.54, 1.807) is 0 Å². The van der Waals surface area contributed by atoms with Gasteiger partial charge in [-0.05, 0) is 100 Å². The lowest BCUT2D eigenvalue weighted by molar-refractivity contribution is 0.0166. The molecular weight excluding hydrogens is 516 g/mol. The molecule has 3 unspecified atom stereocenters. The van der Waals surface area contributed by atoms with Crippen molar-refractivity contribution in [2.24, 2.45) is 17.3 Å². The van der Waals surface area contributed by atoms with Crippen LogP contribution in [0.15, 0.2) is 67.4 Å². The molecular formula is C37H50N4O. The molecule has 0 radical (unpaired) electrons. The maximum atomic E-state index is 12.2. The fourth-order valence-electron chi connectivity index (χ4n) is 8.18. The van der Waals surface area contributed by atoms with Crippen molar-refractivity contribution < 1.29 is 5.11 Å². The molecule has 224 valence electrons. The zero-order valence-corrected chi connectivity index (χ0v) is 25.7. The summed E-state index contributed by atoms with van der Waals surface area (Å²) in [5.41, 5.74) is 3.70. The summed E-state index contributed by atoms with van der Waals surface area (Å²) in [5, 5.41) is 18.4. The van der Waals surface area contributed by atoms with Crippen molar-refractivity contribution in [1.82, 2.24) is 20.2 Å². The van der Waals surface area contributed by atoms with Gasteiger partial charge in [0, 0.05) is 40.5 Å². The molecule has 4 heterocycles. The molecule has 3 N–H and O–H groups in total. The number of hydrogen-bond acceptors (Lipinski definition) is 4. The Kier molecular flexibility index (Phi) is 8.72. The van der Waals surface area contributed by atoms with Crippen molar-refractivity contribution in [3.63, 3.8) is 0 Å². The Balaban J connectivity index is 1.32. The van der Waals surface area contributed by atoms with Crippen molar-refractivity contribution in [2.75, 3.05) is 26.2 Å². The van der Waals surface area contributed by atoms with Crippen molar-refractivity contribution in [3.8, 4) is 0 Å². The van der Waals surface area contributed by atoms with Crippen molar-refractivity contribution in [2.45, 2.75) is 83.3 Å². The SMILES string of the molecule is C=C[C@H](NCCCCC)C1(C)/C=C\CC[C@]2(O)C=C(c3nccc4c3[nH]c3ccccc34)[C@@H]3CCN(CCC1)CC3C2. The molecule has 2 aromatic heterocycles. The number of allylic oxidation sites excluding steroid dienone is 2. The quantitative estimate of drug-likeness (QED) is 0.194. The molecule has 3 aromatic rings. The summed E-state index contributed by atoms with van der Waals surface area (Å²) in [7, 11) is 0. The number of nitrogens with zero attached hydrogens (tertiary/aromatic N) is 2. The molecule has 1 aliphatic carbocycles. The second-order valence-electron chi connectivity index (χ2n) is 13.5. The maximum Gasteiger partial charge on any atom is 0.0903 e. The van der Waals surface area contributed by atoms with Crippen LogP contribution in [-0.4, -0.2) is 57.8 Å². The van der Waals surface area contributed by atoms with Crippen LogP contribution < -0.4 is 5.32 Å². The van der Waals surface area contributed by atoms with E-state index in [9.17, 15) is 5.11 Å². The van der Waals surface area contributed by atoms with Gasteiger partial charge < -0.3 is 20.3 Å². The van der Waals surface area contributed by atoms with E-state index in [1.165, 1.54) is 42.0 Å². The molecule has 1 saturated heterocycles. The van der Waals surface area contributed by atoms with Crippen LogP contribution >= 0.6 is 0 Å². The van der Waals surface area contributed by atoms with Gasteiger partial charge in [0.2, 0.25) is 0 Å². The van der Waals surface area contributed by atoms with Crippen molar-refractivity contribution in [3.05, 3.63) is 73.1 Å². The third-order valence-electron chi connectivity index (χ3n) is 10.5. The van der Waals surface area contributed by atoms with E-state index >= 15 is 0 Å². The van der Waals surface area contributed by atoms with Gasteiger partial charge in [-0.15, -0.1) is 6.58 Å². The van der Waals surface area contributed by atoms with Gasteiger partial charge >= 0.3 is 0 Å². The number of benzene rings is 1. The first kappa shape index (κ1) is 29.3. The van der Waals surface area contributed by atoms with Gasteiger partial charge in [0.25, 0.3) is 0 Å². The number of aliphatic hydroxyl groups is 1. The predicted octanol–water partition coefficient (Wildman–Crippen LogP) is 7.64. The van der Waals surface area contributed by atoms with Crippen LogP contribution in [0.5, 0.6) is 0 Å². The average Bonchev–Trinajstić information content (AvgIpc) is 3.37. The van der Waals surface area contributed by atoms with Gasteiger partial charge in [-0.2, -0.15) is 0 Å². The summed E-state index contributed by atoms with van der Waals surface area (Å²) in [5.74, 6) is 0.858.